The Bertz CT molecular complexity index is 752. The summed E-state index contributed by atoms with van der Waals surface area (Å²) >= 11 is 3.39. The van der Waals surface area contributed by atoms with E-state index in [0.717, 1.165) is 10.0 Å². The number of halogens is 1. The topological polar surface area (TPSA) is 68.5 Å². The Balaban J connectivity index is 2.44. The van der Waals surface area contributed by atoms with Crippen molar-refractivity contribution in [2.24, 2.45) is 0 Å². The second kappa shape index (κ2) is 6.13. The molecule has 2 rings (SSSR count). The first kappa shape index (κ1) is 15.3. The molecule has 1 aromatic carbocycles. The van der Waals surface area contributed by atoms with Crippen LogP contribution in [0.3, 0.4) is 0 Å². The second-order valence-electron chi connectivity index (χ2n) is 4.55. The predicted molar refractivity (Wildman–Crippen MR) is 82.2 cm³/mol. The maximum Gasteiger partial charge on any atom is 0.341 e. The molecule has 0 aliphatic carbocycles. The summed E-state index contributed by atoms with van der Waals surface area (Å²) < 4.78 is 7.38. The smallest absolute Gasteiger partial charge is 0.341 e. The SMILES string of the molecule is COc1ccc(Cn2c(C)ccc(C(=O)O)c2=O)cc1Br. The van der Waals surface area contributed by atoms with Crippen LogP contribution in [0, 0.1) is 6.92 Å². The number of carboxylic acids is 1. The Kier molecular flexibility index (Phi) is 4.47. The lowest BCUT2D eigenvalue weighted by atomic mass is 10.2. The summed E-state index contributed by atoms with van der Waals surface area (Å²) in [6, 6.07) is 8.44. The molecule has 1 N–H and O–H groups in total. The minimum atomic E-state index is -1.22. The molecule has 110 valence electrons. The van der Waals surface area contributed by atoms with E-state index >= 15 is 0 Å². The van der Waals surface area contributed by atoms with E-state index in [2.05, 4.69) is 15.9 Å². The standard InChI is InChI=1S/C15H14BrNO4/c1-9-3-5-11(15(19)20)14(18)17(9)8-10-4-6-13(21-2)12(16)7-10/h3-7H,8H2,1-2H3,(H,19,20). The van der Waals surface area contributed by atoms with Crippen molar-refractivity contribution in [3.8, 4) is 5.75 Å². The molecule has 0 amide bonds. The Hall–Kier alpha value is -2.08. The molecule has 0 aliphatic rings. The van der Waals surface area contributed by atoms with Crippen molar-refractivity contribution < 1.29 is 14.6 Å². The van der Waals surface area contributed by atoms with Crippen LogP contribution in [-0.4, -0.2) is 22.8 Å². The number of hydrogen-bond acceptors (Lipinski definition) is 3. The van der Waals surface area contributed by atoms with Crippen molar-refractivity contribution in [1.29, 1.82) is 0 Å². The lowest BCUT2D eigenvalue weighted by Crippen LogP contribution is -2.28. The number of carboxylic acid groups (broad SMARTS) is 1. The third-order valence-electron chi connectivity index (χ3n) is 3.18. The molecule has 21 heavy (non-hydrogen) atoms. The van der Waals surface area contributed by atoms with Gasteiger partial charge in [0.15, 0.2) is 0 Å². The van der Waals surface area contributed by atoms with Gasteiger partial charge in [-0.05, 0) is 52.7 Å². The van der Waals surface area contributed by atoms with Gasteiger partial charge in [0.25, 0.3) is 5.56 Å². The Morgan fingerprint density at radius 2 is 2.05 bits per heavy atom. The molecule has 1 heterocycles. The number of aromatic nitrogens is 1. The van der Waals surface area contributed by atoms with Gasteiger partial charge in [-0.2, -0.15) is 0 Å². The molecular formula is C15H14BrNO4. The Labute approximate surface area is 129 Å². The second-order valence-corrected chi connectivity index (χ2v) is 5.41. The van der Waals surface area contributed by atoms with Crippen LogP contribution in [-0.2, 0) is 6.54 Å². The fourth-order valence-electron chi connectivity index (χ4n) is 2.02. The maximum atomic E-state index is 12.2. The highest BCUT2D eigenvalue weighted by atomic mass is 79.9. The van der Waals surface area contributed by atoms with Crippen molar-refractivity contribution in [3.63, 3.8) is 0 Å². The van der Waals surface area contributed by atoms with Gasteiger partial charge in [-0.1, -0.05) is 6.07 Å². The number of hydrogen-bond donors (Lipinski definition) is 1. The first-order chi connectivity index (χ1) is 9.93. The summed E-state index contributed by atoms with van der Waals surface area (Å²) in [6.07, 6.45) is 0. The van der Waals surface area contributed by atoms with Gasteiger partial charge in [-0.25, -0.2) is 4.79 Å². The molecule has 0 bridgehead atoms. The zero-order valence-corrected chi connectivity index (χ0v) is 13.2. The van der Waals surface area contributed by atoms with Gasteiger partial charge in [-0.15, -0.1) is 0 Å². The molecule has 0 atom stereocenters. The summed E-state index contributed by atoms with van der Waals surface area (Å²) in [7, 11) is 1.57. The number of ether oxygens (including phenoxy) is 1. The van der Waals surface area contributed by atoms with E-state index in [1.807, 2.05) is 12.1 Å². The third-order valence-corrected chi connectivity index (χ3v) is 3.80. The molecule has 0 saturated carbocycles. The number of aryl methyl sites for hydroxylation is 1. The molecule has 0 unspecified atom stereocenters. The summed E-state index contributed by atoms with van der Waals surface area (Å²) in [4.78, 5) is 23.2. The first-order valence-electron chi connectivity index (χ1n) is 6.20. The number of rotatable bonds is 4. The lowest BCUT2D eigenvalue weighted by Gasteiger charge is -2.12. The van der Waals surface area contributed by atoms with Crippen LogP contribution in [0.5, 0.6) is 5.75 Å². The van der Waals surface area contributed by atoms with Gasteiger partial charge in [0, 0.05) is 5.69 Å². The largest absolute Gasteiger partial charge is 0.496 e. The zero-order chi connectivity index (χ0) is 15.6. The zero-order valence-electron chi connectivity index (χ0n) is 11.6. The molecule has 1 aromatic heterocycles. The highest BCUT2D eigenvalue weighted by Gasteiger charge is 2.13. The Morgan fingerprint density at radius 1 is 1.33 bits per heavy atom. The third kappa shape index (κ3) is 3.16. The van der Waals surface area contributed by atoms with Crippen molar-refractivity contribution >= 4 is 21.9 Å². The van der Waals surface area contributed by atoms with Crippen molar-refractivity contribution in [2.75, 3.05) is 7.11 Å². The van der Waals surface area contributed by atoms with Crippen LogP contribution in [0.1, 0.15) is 21.6 Å². The lowest BCUT2D eigenvalue weighted by molar-refractivity contribution is 0.0694. The maximum absolute atomic E-state index is 12.2. The van der Waals surface area contributed by atoms with Gasteiger partial charge >= 0.3 is 5.97 Å². The van der Waals surface area contributed by atoms with Gasteiger partial charge in [0.2, 0.25) is 0 Å². The van der Waals surface area contributed by atoms with E-state index in [0.29, 0.717) is 18.0 Å². The molecule has 0 fully saturated rings. The molecular weight excluding hydrogens is 338 g/mol. The van der Waals surface area contributed by atoms with Crippen LogP contribution in [0.4, 0.5) is 0 Å². The summed E-state index contributed by atoms with van der Waals surface area (Å²) in [6.45, 7) is 2.07. The van der Waals surface area contributed by atoms with E-state index in [1.54, 1.807) is 26.2 Å². The average molecular weight is 352 g/mol. The number of aromatic carboxylic acids is 1. The van der Waals surface area contributed by atoms with Gasteiger partial charge in [-0.3, -0.25) is 4.79 Å². The Morgan fingerprint density at radius 3 is 2.62 bits per heavy atom. The fraction of sp³-hybridized carbons (Fsp3) is 0.200. The van der Waals surface area contributed by atoms with E-state index in [9.17, 15) is 9.59 Å². The molecule has 0 radical (unpaired) electrons. The van der Waals surface area contributed by atoms with Crippen LogP contribution < -0.4 is 10.3 Å². The van der Waals surface area contributed by atoms with E-state index in [4.69, 9.17) is 9.84 Å². The molecule has 0 spiro atoms. The van der Waals surface area contributed by atoms with Gasteiger partial charge in [0.05, 0.1) is 18.1 Å². The summed E-state index contributed by atoms with van der Waals surface area (Å²) in [5, 5.41) is 9.02. The van der Waals surface area contributed by atoms with Gasteiger partial charge in [0.1, 0.15) is 11.3 Å². The number of benzene rings is 1. The normalized spacial score (nSPS) is 10.4. The minimum absolute atomic E-state index is 0.229. The molecule has 6 heteroatoms. The number of pyridine rings is 1. The van der Waals surface area contributed by atoms with E-state index in [-0.39, 0.29) is 5.56 Å². The number of methoxy groups -OCH3 is 1. The highest BCUT2D eigenvalue weighted by Crippen LogP contribution is 2.25. The summed E-state index contributed by atoms with van der Waals surface area (Å²) in [5.41, 5.74) is 0.843. The summed E-state index contributed by atoms with van der Waals surface area (Å²) in [5.74, 6) is -0.522. The highest BCUT2D eigenvalue weighted by molar-refractivity contribution is 9.10. The van der Waals surface area contributed by atoms with Crippen LogP contribution in [0.2, 0.25) is 0 Å². The average Bonchev–Trinajstić information content (AvgIpc) is 2.43. The van der Waals surface area contributed by atoms with Crippen molar-refractivity contribution in [1.82, 2.24) is 4.57 Å². The molecule has 0 saturated heterocycles. The fourth-order valence-corrected chi connectivity index (χ4v) is 2.61. The first-order valence-corrected chi connectivity index (χ1v) is 6.99. The van der Waals surface area contributed by atoms with Crippen LogP contribution in [0.25, 0.3) is 0 Å². The van der Waals surface area contributed by atoms with Crippen molar-refractivity contribution in [2.45, 2.75) is 13.5 Å². The van der Waals surface area contributed by atoms with Gasteiger partial charge < -0.3 is 14.4 Å². The van der Waals surface area contributed by atoms with E-state index < -0.39 is 11.5 Å². The van der Waals surface area contributed by atoms with E-state index in [1.165, 1.54) is 10.6 Å². The molecule has 2 aromatic rings. The molecule has 5 nitrogen and oxygen atoms in total. The van der Waals surface area contributed by atoms with Crippen LogP contribution >= 0.6 is 15.9 Å². The quantitative estimate of drug-likeness (QED) is 0.919. The minimum Gasteiger partial charge on any atom is -0.496 e. The number of carbonyl (C=O) groups is 1. The monoisotopic (exact) mass is 351 g/mol. The number of nitrogens with zero attached hydrogens (tertiary/aromatic N) is 1. The van der Waals surface area contributed by atoms with Crippen molar-refractivity contribution in [3.05, 3.63) is 62.0 Å². The molecule has 0 aliphatic heterocycles. The van der Waals surface area contributed by atoms with Crippen LogP contribution in [0.15, 0.2) is 39.6 Å². The predicted octanol–water partition coefficient (Wildman–Crippen LogP) is 2.67.